The first-order valence-corrected chi connectivity index (χ1v) is 5.42. The van der Waals surface area contributed by atoms with Crippen LogP contribution in [0.5, 0.6) is 0 Å². The Hall–Kier alpha value is -2.63. The molecule has 2 aromatic heterocycles. The molecular weight excluding hydrogens is 230 g/mol. The van der Waals surface area contributed by atoms with E-state index in [0.29, 0.717) is 17.7 Å². The molecule has 2 heterocycles. The molecule has 0 atom stereocenters. The Labute approximate surface area is 102 Å². The van der Waals surface area contributed by atoms with Gasteiger partial charge in [0.2, 0.25) is 0 Å². The summed E-state index contributed by atoms with van der Waals surface area (Å²) in [5.74, 6) is -0.0719. The number of nitrogens with zero attached hydrogens (tertiary/aromatic N) is 5. The summed E-state index contributed by atoms with van der Waals surface area (Å²) in [6.45, 7) is 0.645. The maximum absolute atomic E-state index is 10.4. The molecule has 0 N–H and O–H groups in total. The maximum Gasteiger partial charge on any atom is 0.293 e. The topological polar surface area (TPSA) is 73.0 Å². The van der Waals surface area contributed by atoms with Crippen LogP contribution in [0, 0.1) is 4.91 Å². The Morgan fingerprint density at radius 1 is 1.17 bits per heavy atom. The Morgan fingerprint density at radius 2 is 2.00 bits per heavy atom. The van der Waals surface area contributed by atoms with Crippen LogP contribution in [0.2, 0.25) is 0 Å². The average molecular weight is 239 g/mol. The minimum Gasteiger partial charge on any atom is -0.311 e. The third-order valence-corrected chi connectivity index (χ3v) is 2.62. The van der Waals surface area contributed by atoms with E-state index in [1.165, 1.54) is 6.20 Å². The number of fused-ring (bicyclic) bond motifs is 1. The molecule has 0 unspecified atom stereocenters. The predicted molar refractivity (Wildman–Crippen MR) is 66.3 cm³/mol. The van der Waals surface area contributed by atoms with E-state index in [0.717, 1.165) is 5.56 Å². The van der Waals surface area contributed by atoms with Gasteiger partial charge in [0.25, 0.3) is 5.95 Å². The summed E-state index contributed by atoms with van der Waals surface area (Å²) in [5.41, 5.74) is 2.40. The van der Waals surface area contributed by atoms with Crippen LogP contribution in [0.1, 0.15) is 5.56 Å². The molecule has 0 amide bonds. The number of benzene rings is 1. The van der Waals surface area contributed by atoms with E-state index >= 15 is 0 Å². The van der Waals surface area contributed by atoms with E-state index in [1.807, 2.05) is 34.9 Å². The van der Waals surface area contributed by atoms with E-state index in [9.17, 15) is 4.91 Å². The Kier molecular flexibility index (Phi) is 2.53. The number of nitroso groups, excluding NO2 is 1. The lowest BCUT2D eigenvalue weighted by molar-refractivity contribution is 0.813. The lowest BCUT2D eigenvalue weighted by Gasteiger charge is -2.03. The van der Waals surface area contributed by atoms with Crippen LogP contribution in [-0.2, 0) is 6.54 Å². The Bertz CT molecular complexity index is 692. The fourth-order valence-corrected chi connectivity index (χ4v) is 1.79. The molecule has 0 bridgehead atoms. The SMILES string of the molecule is O=Nc1ncc2ncn(Cc3ccccc3)c2n1. The molecule has 0 aliphatic heterocycles. The van der Waals surface area contributed by atoms with Gasteiger partial charge in [-0.15, -0.1) is 4.91 Å². The standard InChI is InChI=1S/C12H9N5O/c18-16-12-13-6-10-11(15-12)17(8-14-10)7-9-4-2-1-3-5-9/h1-6,8H,7H2. The van der Waals surface area contributed by atoms with E-state index < -0.39 is 0 Å². The second kappa shape index (κ2) is 4.33. The fraction of sp³-hybridized carbons (Fsp3) is 0.0833. The van der Waals surface area contributed by atoms with Crippen molar-refractivity contribution in [3.63, 3.8) is 0 Å². The van der Waals surface area contributed by atoms with E-state index in [1.54, 1.807) is 6.33 Å². The highest BCUT2D eigenvalue weighted by Gasteiger charge is 2.07. The minimum atomic E-state index is -0.0719. The van der Waals surface area contributed by atoms with Crippen LogP contribution in [0.15, 0.2) is 48.0 Å². The van der Waals surface area contributed by atoms with Gasteiger partial charge in [0.15, 0.2) is 5.65 Å². The van der Waals surface area contributed by atoms with Gasteiger partial charge in [-0.1, -0.05) is 30.3 Å². The molecule has 0 saturated heterocycles. The zero-order valence-electron chi connectivity index (χ0n) is 9.39. The van der Waals surface area contributed by atoms with Crippen molar-refractivity contribution in [2.24, 2.45) is 5.18 Å². The van der Waals surface area contributed by atoms with Crippen molar-refractivity contribution >= 4 is 17.1 Å². The van der Waals surface area contributed by atoms with Crippen LogP contribution in [0.25, 0.3) is 11.2 Å². The molecule has 0 radical (unpaired) electrons. The maximum atomic E-state index is 10.4. The van der Waals surface area contributed by atoms with Gasteiger partial charge < -0.3 is 4.57 Å². The molecule has 0 fully saturated rings. The summed E-state index contributed by atoms with van der Waals surface area (Å²) in [6, 6.07) is 9.95. The lowest BCUT2D eigenvalue weighted by atomic mass is 10.2. The lowest BCUT2D eigenvalue weighted by Crippen LogP contribution is -1.99. The van der Waals surface area contributed by atoms with E-state index in [2.05, 4.69) is 20.1 Å². The van der Waals surface area contributed by atoms with Crippen molar-refractivity contribution in [1.82, 2.24) is 19.5 Å². The Morgan fingerprint density at radius 3 is 2.78 bits per heavy atom. The molecule has 0 spiro atoms. The van der Waals surface area contributed by atoms with Crippen molar-refractivity contribution < 1.29 is 0 Å². The molecular formula is C12H9N5O. The van der Waals surface area contributed by atoms with Crippen molar-refractivity contribution in [3.05, 3.63) is 53.3 Å². The summed E-state index contributed by atoms with van der Waals surface area (Å²) in [7, 11) is 0. The molecule has 88 valence electrons. The van der Waals surface area contributed by atoms with Crippen molar-refractivity contribution in [1.29, 1.82) is 0 Å². The summed E-state index contributed by atoms with van der Waals surface area (Å²) in [5, 5.41) is 2.74. The molecule has 6 heteroatoms. The second-order valence-electron chi connectivity index (χ2n) is 3.83. The summed E-state index contributed by atoms with van der Waals surface area (Å²) in [4.78, 5) is 22.5. The van der Waals surface area contributed by atoms with Crippen molar-refractivity contribution in [2.75, 3.05) is 0 Å². The molecule has 1 aromatic carbocycles. The van der Waals surface area contributed by atoms with Gasteiger partial charge in [0.05, 0.1) is 19.1 Å². The number of hydrogen-bond donors (Lipinski definition) is 0. The fourth-order valence-electron chi connectivity index (χ4n) is 1.79. The molecule has 0 aliphatic rings. The van der Waals surface area contributed by atoms with Gasteiger partial charge in [-0.3, -0.25) is 0 Å². The monoisotopic (exact) mass is 239 g/mol. The van der Waals surface area contributed by atoms with Crippen LogP contribution >= 0.6 is 0 Å². The largest absolute Gasteiger partial charge is 0.311 e. The molecule has 6 nitrogen and oxygen atoms in total. The smallest absolute Gasteiger partial charge is 0.293 e. The highest BCUT2D eigenvalue weighted by Crippen LogP contribution is 2.14. The van der Waals surface area contributed by atoms with Crippen LogP contribution in [0.3, 0.4) is 0 Å². The summed E-state index contributed by atoms with van der Waals surface area (Å²) >= 11 is 0. The third kappa shape index (κ3) is 1.84. The van der Waals surface area contributed by atoms with Gasteiger partial charge in [0, 0.05) is 5.18 Å². The van der Waals surface area contributed by atoms with Crippen molar-refractivity contribution in [2.45, 2.75) is 6.54 Å². The van der Waals surface area contributed by atoms with E-state index in [4.69, 9.17) is 0 Å². The Balaban J connectivity index is 2.04. The first-order chi connectivity index (χ1) is 8.86. The number of imidazole rings is 1. The number of rotatable bonds is 3. The highest BCUT2D eigenvalue weighted by atomic mass is 16.3. The molecule has 3 rings (SSSR count). The van der Waals surface area contributed by atoms with Crippen molar-refractivity contribution in [3.8, 4) is 0 Å². The normalized spacial score (nSPS) is 10.7. The van der Waals surface area contributed by atoms with Crippen LogP contribution in [0.4, 0.5) is 5.95 Å². The van der Waals surface area contributed by atoms with Crippen LogP contribution in [-0.4, -0.2) is 19.5 Å². The van der Waals surface area contributed by atoms with Gasteiger partial charge in [-0.2, -0.15) is 4.98 Å². The van der Waals surface area contributed by atoms with Gasteiger partial charge in [-0.25, -0.2) is 9.97 Å². The number of hydrogen-bond acceptors (Lipinski definition) is 5. The molecule has 0 saturated carbocycles. The minimum absolute atomic E-state index is 0.0719. The van der Waals surface area contributed by atoms with Gasteiger partial charge in [-0.05, 0) is 5.56 Å². The van der Waals surface area contributed by atoms with Crippen LogP contribution < -0.4 is 0 Å². The van der Waals surface area contributed by atoms with Gasteiger partial charge in [0.1, 0.15) is 5.52 Å². The first-order valence-electron chi connectivity index (χ1n) is 5.42. The highest BCUT2D eigenvalue weighted by molar-refractivity contribution is 5.70. The zero-order chi connectivity index (χ0) is 12.4. The third-order valence-electron chi connectivity index (χ3n) is 2.62. The molecule has 3 aromatic rings. The molecule has 18 heavy (non-hydrogen) atoms. The summed E-state index contributed by atoms with van der Waals surface area (Å²) in [6.07, 6.45) is 3.18. The first kappa shape index (κ1) is 10.5. The summed E-state index contributed by atoms with van der Waals surface area (Å²) < 4.78 is 1.86. The number of aromatic nitrogens is 4. The van der Waals surface area contributed by atoms with Gasteiger partial charge >= 0.3 is 0 Å². The average Bonchev–Trinajstić information content (AvgIpc) is 2.82. The molecule has 0 aliphatic carbocycles. The van der Waals surface area contributed by atoms with E-state index in [-0.39, 0.29) is 5.95 Å². The predicted octanol–water partition coefficient (Wildman–Crippen LogP) is 2.27. The second-order valence-corrected chi connectivity index (χ2v) is 3.83. The quantitative estimate of drug-likeness (QED) is 0.657. The zero-order valence-corrected chi connectivity index (χ0v) is 9.39.